The molecule has 17 unspecified atom stereocenters. The predicted molar refractivity (Wildman–Crippen MR) is 305 cm³/mol. The highest BCUT2D eigenvalue weighted by Crippen LogP contribution is 2.33. The van der Waals surface area contributed by atoms with Gasteiger partial charge in [0.25, 0.3) is 0 Å². The molecule has 0 aromatic rings. The number of amides is 1. The van der Waals surface area contributed by atoms with Gasteiger partial charge in [-0.25, -0.2) is 0 Å². The van der Waals surface area contributed by atoms with Crippen LogP contribution in [0.2, 0.25) is 0 Å². The van der Waals surface area contributed by atoms with E-state index in [0.29, 0.717) is 12.8 Å². The first-order valence-electron chi connectivity index (χ1n) is 30.9. The maximum absolute atomic E-state index is 13.3. The maximum Gasteiger partial charge on any atom is 0.220 e. The van der Waals surface area contributed by atoms with E-state index in [1.54, 1.807) is 6.08 Å². The molecule has 0 bridgehead atoms. The minimum atomic E-state index is -1.98. The lowest BCUT2D eigenvalue weighted by Crippen LogP contribution is -2.66. The Hall–Kier alpha value is -2.25. The number of aliphatic hydroxyl groups excluding tert-OH is 11. The van der Waals surface area contributed by atoms with Crippen molar-refractivity contribution >= 4 is 5.91 Å². The average molecular weight is 1140 g/mol. The summed E-state index contributed by atoms with van der Waals surface area (Å²) in [4.78, 5) is 13.3. The molecule has 0 aromatic carbocycles. The van der Waals surface area contributed by atoms with Gasteiger partial charge in [0, 0.05) is 6.42 Å². The third kappa shape index (κ3) is 27.6. The fourth-order valence-corrected chi connectivity index (χ4v) is 10.2. The summed E-state index contributed by atoms with van der Waals surface area (Å²) < 4.78 is 34.1. The van der Waals surface area contributed by atoms with Crippen LogP contribution in [0.3, 0.4) is 0 Å². The van der Waals surface area contributed by atoms with Crippen molar-refractivity contribution in [1.29, 1.82) is 0 Å². The van der Waals surface area contributed by atoms with Gasteiger partial charge >= 0.3 is 0 Å². The lowest BCUT2D eigenvalue weighted by Gasteiger charge is -2.48. The number of ether oxygens (including phenoxy) is 6. The number of allylic oxidation sites excluding steroid dienone is 7. The molecule has 1 amide bonds. The minimum Gasteiger partial charge on any atom is -0.394 e. The molecule has 12 N–H and O–H groups in total. The number of unbranched alkanes of at least 4 members (excludes halogenated alkanes) is 23. The molecule has 80 heavy (non-hydrogen) atoms. The fourth-order valence-electron chi connectivity index (χ4n) is 10.2. The van der Waals surface area contributed by atoms with Crippen molar-refractivity contribution < 1.29 is 89.4 Å². The summed E-state index contributed by atoms with van der Waals surface area (Å²) in [6.07, 6.45) is 22.9. The van der Waals surface area contributed by atoms with Crippen molar-refractivity contribution in [3.05, 3.63) is 48.6 Å². The molecule has 0 spiro atoms. The van der Waals surface area contributed by atoms with Crippen LogP contribution in [0.1, 0.15) is 200 Å². The van der Waals surface area contributed by atoms with Gasteiger partial charge in [0.1, 0.15) is 73.2 Å². The molecule has 19 nitrogen and oxygen atoms in total. The molecule has 0 radical (unpaired) electrons. The van der Waals surface area contributed by atoms with Gasteiger partial charge in [-0.05, 0) is 57.8 Å². The van der Waals surface area contributed by atoms with Crippen molar-refractivity contribution in [3.63, 3.8) is 0 Å². The number of rotatable bonds is 45. The highest BCUT2D eigenvalue weighted by atomic mass is 16.8. The second-order valence-electron chi connectivity index (χ2n) is 22.2. The second kappa shape index (κ2) is 44.3. The Kier molecular flexibility index (Phi) is 39.8. The number of aliphatic hydroxyl groups is 11. The third-order valence-electron chi connectivity index (χ3n) is 15.3. The Morgan fingerprint density at radius 3 is 1.36 bits per heavy atom. The Labute approximate surface area is 478 Å². The van der Waals surface area contributed by atoms with Crippen molar-refractivity contribution in [2.24, 2.45) is 0 Å². The highest BCUT2D eigenvalue weighted by molar-refractivity contribution is 5.76. The summed E-state index contributed by atoms with van der Waals surface area (Å²) in [5.41, 5.74) is 0. The molecule has 17 atom stereocenters. The summed E-state index contributed by atoms with van der Waals surface area (Å²) in [6.45, 7) is 1.60. The topological polar surface area (TPSA) is 307 Å². The summed E-state index contributed by atoms with van der Waals surface area (Å²) in [5, 5.41) is 120. The first-order chi connectivity index (χ1) is 38.8. The van der Waals surface area contributed by atoms with Crippen LogP contribution in [0.25, 0.3) is 0 Å². The zero-order valence-electron chi connectivity index (χ0n) is 48.5. The number of carbonyl (C=O) groups excluding carboxylic acids is 1. The van der Waals surface area contributed by atoms with E-state index in [2.05, 4.69) is 55.6 Å². The number of hydrogen-bond donors (Lipinski definition) is 12. The van der Waals surface area contributed by atoms with Crippen LogP contribution in [0, 0.1) is 0 Å². The monoisotopic (exact) mass is 1140 g/mol. The zero-order valence-corrected chi connectivity index (χ0v) is 48.5. The molecular formula is C61H109NO18. The average Bonchev–Trinajstić information content (AvgIpc) is 3.55. The van der Waals surface area contributed by atoms with Gasteiger partial charge in [-0.2, -0.15) is 0 Å². The van der Waals surface area contributed by atoms with Gasteiger partial charge in [0.2, 0.25) is 5.91 Å². The lowest BCUT2D eigenvalue weighted by atomic mass is 9.96. The van der Waals surface area contributed by atoms with Gasteiger partial charge in [-0.15, -0.1) is 0 Å². The van der Waals surface area contributed by atoms with Gasteiger partial charge in [0.05, 0.1) is 38.6 Å². The molecule has 3 heterocycles. The molecule has 3 fully saturated rings. The number of nitrogens with one attached hydrogen (secondary N) is 1. The van der Waals surface area contributed by atoms with Crippen LogP contribution in [-0.4, -0.2) is 193 Å². The van der Waals surface area contributed by atoms with Crippen LogP contribution in [-0.2, 0) is 33.2 Å². The normalized spacial score (nSPS) is 30.3. The highest BCUT2D eigenvalue weighted by Gasteiger charge is 2.53. The molecule has 0 aliphatic carbocycles. The number of carbonyl (C=O) groups is 1. The second-order valence-corrected chi connectivity index (χ2v) is 22.2. The summed E-state index contributed by atoms with van der Waals surface area (Å²) in [5.74, 6) is -0.290. The first-order valence-corrected chi connectivity index (χ1v) is 30.9. The van der Waals surface area contributed by atoms with Crippen molar-refractivity contribution in [3.8, 4) is 0 Å². The van der Waals surface area contributed by atoms with Crippen LogP contribution in [0.5, 0.6) is 0 Å². The molecule has 3 aliphatic rings. The molecule has 466 valence electrons. The zero-order chi connectivity index (χ0) is 58.3. The van der Waals surface area contributed by atoms with E-state index in [-0.39, 0.29) is 18.9 Å². The Morgan fingerprint density at radius 1 is 0.450 bits per heavy atom. The Balaban J connectivity index is 1.39. The van der Waals surface area contributed by atoms with E-state index in [0.717, 1.165) is 51.4 Å². The molecule has 3 saturated heterocycles. The van der Waals surface area contributed by atoms with Gasteiger partial charge in [-0.1, -0.05) is 184 Å². The summed E-state index contributed by atoms with van der Waals surface area (Å²) in [7, 11) is 0. The number of hydrogen-bond acceptors (Lipinski definition) is 18. The van der Waals surface area contributed by atoms with Crippen LogP contribution >= 0.6 is 0 Å². The molecular weight excluding hydrogens is 1030 g/mol. The van der Waals surface area contributed by atoms with Crippen molar-refractivity contribution in [1.82, 2.24) is 5.32 Å². The van der Waals surface area contributed by atoms with Gasteiger partial charge in [0.15, 0.2) is 18.9 Å². The van der Waals surface area contributed by atoms with E-state index < -0.39 is 124 Å². The predicted octanol–water partition coefficient (Wildman–Crippen LogP) is 5.87. The molecule has 0 saturated carbocycles. The van der Waals surface area contributed by atoms with E-state index in [9.17, 15) is 61.0 Å². The smallest absolute Gasteiger partial charge is 0.220 e. The standard InChI is InChI=1S/C61H109NO18/c1-3-5-7-9-11-13-14-15-16-17-18-19-20-21-22-23-24-25-26-27-28-29-30-31-33-35-37-39-49(67)62-44(45(66)38-36-34-32-12-10-8-6-4-2)43-75-59-55(73)52(70)57(47(41-64)77-59)80-61-56(74)53(71)58(48(42-65)78-61)79-60-54(72)51(69)50(68)46(40-63)76-60/h10,12,14-15,17-18,36,38,44-48,50-61,63-66,68-74H,3-9,11,13,16,19-35,37,39-43H2,1-2H3,(H,62,67)/b12-10+,15-14-,18-17-,38-36+. The van der Waals surface area contributed by atoms with Crippen LogP contribution in [0.15, 0.2) is 48.6 Å². The molecule has 19 heteroatoms. The quantitative estimate of drug-likeness (QED) is 0.0250. The van der Waals surface area contributed by atoms with Gasteiger partial charge in [-0.3, -0.25) is 4.79 Å². The molecule has 3 aliphatic heterocycles. The third-order valence-corrected chi connectivity index (χ3v) is 15.3. The summed E-state index contributed by atoms with van der Waals surface area (Å²) >= 11 is 0. The minimum absolute atomic E-state index is 0.234. The van der Waals surface area contributed by atoms with Gasteiger partial charge < -0.3 is 89.9 Å². The van der Waals surface area contributed by atoms with E-state index >= 15 is 0 Å². The largest absolute Gasteiger partial charge is 0.394 e. The van der Waals surface area contributed by atoms with Crippen LogP contribution in [0.4, 0.5) is 0 Å². The fraction of sp³-hybridized carbons (Fsp3) is 0.852. The van der Waals surface area contributed by atoms with E-state index in [4.69, 9.17) is 28.4 Å². The summed E-state index contributed by atoms with van der Waals surface area (Å²) in [6, 6.07) is -0.987. The van der Waals surface area contributed by atoms with Crippen molar-refractivity contribution in [2.45, 2.75) is 304 Å². The lowest BCUT2D eigenvalue weighted by molar-refractivity contribution is -0.379. The SMILES string of the molecule is CCCC/C=C/CC/C=C/C(O)C(COC1OC(CO)C(OC2OC(CO)C(OC3OC(CO)C(O)C(O)C3O)C(O)C2O)C(O)C1O)NC(=O)CCCCCCCCCCCCCCCCC/C=C\C/C=C\CCCCCCC. The van der Waals surface area contributed by atoms with Crippen molar-refractivity contribution in [2.75, 3.05) is 26.4 Å². The maximum atomic E-state index is 13.3. The van der Waals surface area contributed by atoms with E-state index in [1.807, 2.05) is 6.08 Å². The molecule has 3 rings (SSSR count). The Bertz CT molecular complexity index is 1650. The van der Waals surface area contributed by atoms with Crippen LogP contribution < -0.4 is 5.32 Å². The van der Waals surface area contributed by atoms with E-state index in [1.165, 1.54) is 116 Å². The molecule has 0 aromatic heterocycles. The Morgan fingerprint density at radius 2 is 0.850 bits per heavy atom. The first kappa shape index (κ1) is 72.0.